The van der Waals surface area contributed by atoms with E-state index in [0.717, 1.165) is 12.8 Å². The first kappa shape index (κ1) is 20.1. The molecule has 8 nitrogen and oxygen atoms in total. The third-order valence-electron chi connectivity index (χ3n) is 5.10. The highest BCUT2D eigenvalue weighted by Gasteiger charge is 2.26. The van der Waals surface area contributed by atoms with E-state index >= 15 is 0 Å². The second-order valence-corrected chi connectivity index (χ2v) is 7.64. The molecule has 30 heavy (non-hydrogen) atoms. The number of amides is 1. The molecule has 2 N–H and O–H groups in total. The fourth-order valence-electron chi connectivity index (χ4n) is 3.31. The minimum Gasteiger partial charge on any atom is -0.497 e. The van der Waals surface area contributed by atoms with Crippen molar-refractivity contribution in [1.29, 1.82) is 0 Å². The van der Waals surface area contributed by atoms with Gasteiger partial charge in [0.25, 0.3) is 11.5 Å². The van der Waals surface area contributed by atoms with Gasteiger partial charge in [0.05, 0.1) is 18.9 Å². The fourth-order valence-corrected chi connectivity index (χ4v) is 3.31. The van der Waals surface area contributed by atoms with E-state index in [2.05, 4.69) is 10.3 Å². The number of aliphatic hydroxyl groups excluding tert-OH is 1. The lowest BCUT2D eigenvalue weighted by molar-refractivity contribution is 0.0919. The zero-order valence-corrected chi connectivity index (χ0v) is 16.8. The van der Waals surface area contributed by atoms with Gasteiger partial charge in [-0.25, -0.2) is 9.37 Å². The Morgan fingerprint density at radius 1 is 1.40 bits per heavy atom. The van der Waals surface area contributed by atoms with Crippen LogP contribution in [0.3, 0.4) is 0 Å². The minimum atomic E-state index is -0.702. The summed E-state index contributed by atoms with van der Waals surface area (Å²) < 4.78 is 22.8. The van der Waals surface area contributed by atoms with Crippen LogP contribution >= 0.6 is 0 Å². The molecular weight excluding hydrogens is 391 g/mol. The fraction of sp³-hybridized carbons (Fsp3) is 0.381. The molecule has 1 amide bonds. The Hall–Kier alpha value is -3.20. The zero-order valence-electron chi connectivity index (χ0n) is 16.8. The summed E-state index contributed by atoms with van der Waals surface area (Å²) in [6, 6.07) is 4.48. The second kappa shape index (κ2) is 7.91. The van der Waals surface area contributed by atoms with Crippen LogP contribution in [0, 0.1) is 11.7 Å². The van der Waals surface area contributed by atoms with Gasteiger partial charge in [-0.1, -0.05) is 0 Å². The molecule has 1 saturated carbocycles. The number of carbonyl (C=O) groups is 1. The number of aliphatic hydroxyl groups is 1. The Balaban J connectivity index is 1.82. The molecule has 0 spiro atoms. The van der Waals surface area contributed by atoms with Crippen LogP contribution < -0.4 is 15.6 Å². The molecule has 1 aliphatic rings. The smallest absolute Gasteiger partial charge is 0.294 e. The summed E-state index contributed by atoms with van der Waals surface area (Å²) in [5.41, 5.74) is 0.440. The third-order valence-corrected chi connectivity index (χ3v) is 5.10. The third kappa shape index (κ3) is 3.93. The minimum absolute atomic E-state index is 0.0538. The molecule has 1 aliphatic carbocycles. The Morgan fingerprint density at radius 2 is 2.17 bits per heavy atom. The standard InChI is InChI=1S/C21H23FN4O4/c1-12(27)8-23-20(28)17-10-25-11-18(15-6-5-14(30-2)7-16(15)22)26(9-13-3-4-13)21(29)19(25)24-17/h5-7,10-13,27H,3-4,8-9H2,1-2H3,(H,23,28). The largest absolute Gasteiger partial charge is 0.497 e. The Bertz CT molecular complexity index is 1160. The molecule has 2 heterocycles. The quantitative estimate of drug-likeness (QED) is 0.615. The van der Waals surface area contributed by atoms with Crippen molar-refractivity contribution in [2.75, 3.05) is 13.7 Å². The number of rotatable bonds is 7. The monoisotopic (exact) mass is 414 g/mol. The lowest BCUT2D eigenvalue weighted by Gasteiger charge is -2.14. The van der Waals surface area contributed by atoms with Gasteiger partial charge >= 0.3 is 0 Å². The molecule has 1 atom stereocenters. The van der Waals surface area contributed by atoms with Gasteiger partial charge < -0.3 is 19.7 Å². The van der Waals surface area contributed by atoms with E-state index in [0.29, 0.717) is 23.9 Å². The summed E-state index contributed by atoms with van der Waals surface area (Å²) in [5, 5.41) is 11.9. The maximum absolute atomic E-state index is 14.8. The number of halogens is 1. The Labute approximate surface area is 171 Å². The van der Waals surface area contributed by atoms with Gasteiger partial charge in [-0.05, 0) is 37.8 Å². The molecule has 158 valence electrons. The molecule has 3 aromatic rings. The summed E-state index contributed by atoms with van der Waals surface area (Å²) in [6.45, 7) is 2.09. The van der Waals surface area contributed by atoms with Gasteiger partial charge in [-0.2, -0.15) is 0 Å². The van der Waals surface area contributed by atoms with E-state index in [9.17, 15) is 19.1 Å². The van der Waals surface area contributed by atoms with Gasteiger partial charge in [0, 0.05) is 37.1 Å². The number of benzene rings is 1. The molecule has 4 rings (SSSR count). The van der Waals surface area contributed by atoms with Crippen LogP contribution in [-0.2, 0) is 6.54 Å². The van der Waals surface area contributed by atoms with Crippen LogP contribution in [0.1, 0.15) is 30.3 Å². The average molecular weight is 414 g/mol. The number of nitrogens with one attached hydrogen (secondary N) is 1. The van der Waals surface area contributed by atoms with Gasteiger partial charge in [0.1, 0.15) is 17.3 Å². The van der Waals surface area contributed by atoms with E-state index < -0.39 is 17.8 Å². The number of nitrogens with zero attached hydrogens (tertiary/aromatic N) is 3. The first-order valence-corrected chi connectivity index (χ1v) is 9.80. The van der Waals surface area contributed by atoms with Crippen molar-refractivity contribution >= 4 is 11.6 Å². The summed E-state index contributed by atoms with van der Waals surface area (Å²) in [7, 11) is 1.46. The second-order valence-electron chi connectivity index (χ2n) is 7.64. The van der Waals surface area contributed by atoms with E-state index in [1.807, 2.05) is 0 Å². The van der Waals surface area contributed by atoms with Gasteiger partial charge in [-0.15, -0.1) is 0 Å². The van der Waals surface area contributed by atoms with Crippen molar-refractivity contribution in [3.63, 3.8) is 0 Å². The molecular formula is C21H23FN4O4. The summed E-state index contributed by atoms with van der Waals surface area (Å²) in [6.07, 6.45) is 4.38. The molecule has 0 bridgehead atoms. The van der Waals surface area contributed by atoms with Crippen LogP contribution in [0.15, 0.2) is 35.4 Å². The lowest BCUT2D eigenvalue weighted by Crippen LogP contribution is -2.30. The van der Waals surface area contributed by atoms with Gasteiger partial charge in [0.15, 0.2) is 0 Å². The van der Waals surface area contributed by atoms with Crippen molar-refractivity contribution in [1.82, 2.24) is 19.3 Å². The number of fused-ring (bicyclic) bond motifs is 1. The average Bonchev–Trinajstić information content (AvgIpc) is 3.43. The maximum Gasteiger partial charge on any atom is 0.294 e. The van der Waals surface area contributed by atoms with Crippen molar-refractivity contribution in [3.05, 3.63) is 52.5 Å². The highest BCUT2D eigenvalue weighted by Crippen LogP contribution is 2.33. The Morgan fingerprint density at radius 3 is 2.80 bits per heavy atom. The predicted molar refractivity (Wildman–Crippen MR) is 108 cm³/mol. The summed E-state index contributed by atoms with van der Waals surface area (Å²) in [4.78, 5) is 29.7. The highest BCUT2D eigenvalue weighted by molar-refractivity contribution is 5.92. The van der Waals surface area contributed by atoms with E-state index in [1.54, 1.807) is 25.3 Å². The zero-order chi connectivity index (χ0) is 21.4. The number of hydrogen-bond acceptors (Lipinski definition) is 5. The van der Waals surface area contributed by atoms with Crippen molar-refractivity contribution < 1.29 is 19.0 Å². The van der Waals surface area contributed by atoms with E-state index in [-0.39, 0.29) is 29.0 Å². The molecule has 1 fully saturated rings. The molecule has 1 aromatic carbocycles. The topological polar surface area (TPSA) is 97.9 Å². The first-order valence-electron chi connectivity index (χ1n) is 9.80. The van der Waals surface area contributed by atoms with Gasteiger partial charge in [0.2, 0.25) is 5.65 Å². The number of ether oxygens (including phenoxy) is 1. The van der Waals surface area contributed by atoms with Crippen LogP contribution in [0.5, 0.6) is 5.75 Å². The number of imidazole rings is 1. The molecule has 2 aromatic heterocycles. The number of methoxy groups -OCH3 is 1. The van der Waals surface area contributed by atoms with E-state index in [1.165, 1.54) is 28.3 Å². The van der Waals surface area contributed by atoms with Crippen LogP contribution in [0.4, 0.5) is 4.39 Å². The van der Waals surface area contributed by atoms with Crippen LogP contribution in [-0.4, -0.2) is 44.7 Å². The molecule has 0 aliphatic heterocycles. The van der Waals surface area contributed by atoms with Crippen LogP contribution in [0.2, 0.25) is 0 Å². The summed E-state index contributed by atoms with van der Waals surface area (Å²) in [5.74, 6) is -0.250. The van der Waals surface area contributed by atoms with Crippen molar-refractivity contribution in [2.24, 2.45) is 5.92 Å². The molecule has 0 saturated heterocycles. The van der Waals surface area contributed by atoms with Crippen molar-refractivity contribution in [3.8, 4) is 17.0 Å². The number of aromatic nitrogens is 3. The normalized spacial score (nSPS) is 14.7. The van der Waals surface area contributed by atoms with Gasteiger partial charge in [-0.3, -0.25) is 14.0 Å². The number of carbonyl (C=O) groups excluding carboxylic acids is 1. The summed E-state index contributed by atoms with van der Waals surface area (Å²) >= 11 is 0. The molecule has 9 heteroatoms. The Kier molecular flexibility index (Phi) is 5.29. The SMILES string of the molecule is COc1ccc(-c2cn3cc(C(=O)NCC(C)O)nc3c(=O)n2CC2CC2)c(F)c1. The first-order chi connectivity index (χ1) is 14.4. The van der Waals surface area contributed by atoms with Crippen LogP contribution in [0.25, 0.3) is 16.9 Å². The van der Waals surface area contributed by atoms with Crippen molar-refractivity contribution in [2.45, 2.75) is 32.4 Å². The van der Waals surface area contributed by atoms with E-state index in [4.69, 9.17) is 4.74 Å². The lowest BCUT2D eigenvalue weighted by atomic mass is 10.1. The molecule has 0 radical (unpaired) electrons. The maximum atomic E-state index is 14.8. The highest BCUT2D eigenvalue weighted by atomic mass is 19.1. The molecule has 1 unspecified atom stereocenters. The number of hydrogen-bond donors (Lipinski definition) is 2. The predicted octanol–water partition coefficient (Wildman–Crippen LogP) is 1.83.